The highest BCUT2D eigenvalue weighted by atomic mass is 16.2. The summed E-state index contributed by atoms with van der Waals surface area (Å²) >= 11 is 0. The van der Waals surface area contributed by atoms with Gasteiger partial charge in [0.05, 0.1) is 17.3 Å². The summed E-state index contributed by atoms with van der Waals surface area (Å²) in [6.07, 6.45) is 6.00. The van der Waals surface area contributed by atoms with Crippen molar-refractivity contribution in [1.82, 2.24) is 20.4 Å². The van der Waals surface area contributed by atoms with E-state index in [1.165, 1.54) is 0 Å². The molecule has 0 aliphatic carbocycles. The zero-order valence-corrected chi connectivity index (χ0v) is 14.3. The third kappa shape index (κ3) is 3.27. The SMILES string of the molecule is CNC(=O)CCC1CCCCN1C(=O)c1cc(C)cc2cn[nH]c12. The van der Waals surface area contributed by atoms with E-state index >= 15 is 0 Å². The van der Waals surface area contributed by atoms with E-state index in [0.29, 0.717) is 18.4 Å². The van der Waals surface area contributed by atoms with E-state index in [1.807, 2.05) is 24.0 Å². The Bertz CT molecular complexity index is 753. The van der Waals surface area contributed by atoms with E-state index in [9.17, 15) is 9.59 Å². The van der Waals surface area contributed by atoms with Gasteiger partial charge in [-0.05, 0) is 50.3 Å². The number of fused-ring (bicyclic) bond motifs is 1. The van der Waals surface area contributed by atoms with Gasteiger partial charge in [-0.15, -0.1) is 0 Å². The topological polar surface area (TPSA) is 78.1 Å². The highest BCUT2D eigenvalue weighted by Crippen LogP contribution is 2.26. The number of benzene rings is 1. The number of carbonyl (C=O) groups is 2. The molecule has 1 aromatic heterocycles. The largest absolute Gasteiger partial charge is 0.359 e. The summed E-state index contributed by atoms with van der Waals surface area (Å²) in [5, 5.41) is 10.6. The molecule has 1 fully saturated rings. The van der Waals surface area contributed by atoms with Crippen molar-refractivity contribution in [1.29, 1.82) is 0 Å². The third-order valence-electron chi connectivity index (χ3n) is 4.80. The molecule has 1 aliphatic rings. The van der Waals surface area contributed by atoms with Crippen LogP contribution in [0.4, 0.5) is 0 Å². The third-order valence-corrected chi connectivity index (χ3v) is 4.80. The Kier molecular flexibility index (Phi) is 4.83. The zero-order chi connectivity index (χ0) is 17.1. The van der Waals surface area contributed by atoms with Crippen molar-refractivity contribution in [2.75, 3.05) is 13.6 Å². The molecule has 0 bridgehead atoms. The number of nitrogens with zero attached hydrogens (tertiary/aromatic N) is 2. The highest BCUT2D eigenvalue weighted by Gasteiger charge is 2.29. The van der Waals surface area contributed by atoms with Crippen LogP contribution in [-0.2, 0) is 4.79 Å². The Morgan fingerprint density at radius 2 is 2.21 bits per heavy atom. The Balaban J connectivity index is 1.85. The summed E-state index contributed by atoms with van der Waals surface area (Å²) in [5.74, 6) is 0.0639. The minimum Gasteiger partial charge on any atom is -0.359 e. The Hall–Kier alpha value is -2.37. The predicted molar refractivity (Wildman–Crippen MR) is 92.8 cm³/mol. The van der Waals surface area contributed by atoms with Crippen LogP contribution >= 0.6 is 0 Å². The monoisotopic (exact) mass is 328 g/mol. The number of nitrogens with one attached hydrogen (secondary N) is 2. The number of hydrogen-bond acceptors (Lipinski definition) is 3. The Labute approximate surface area is 141 Å². The number of aromatic amines is 1. The summed E-state index contributed by atoms with van der Waals surface area (Å²) in [7, 11) is 1.65. The number of amides is 2. The van der Waals surface area contributed by atoms with E-state index in [0.717, 1.165) is 42.3 Å². The average molecular weight is 328 g/mol. The van der Waals surface area contributed by atoms with Crippen molar-refractivity contribution in [2.24, 2.45) is 0 Å². The van der Waals surface area contributed by atoms with Gasteiger partial charge in [0.1, 0.15) is 0 Å². The van der Waals surface area contributed by atoms with Gasteiger partial charge in [-0.25, -0.2) is 0 Å². The molecule has 1 aromatic carbocycles. The van der Waals surface area contributed by atoms with Crippen molar-refractivity contribution >= 4 is 22.7 Å². The first-order valence-corrected chi connectivity index (χ1v) is 8.55. The van der Waals surface area contributed by atoms with Gasteiger partial charge in [-0.2, -0.15) is 5.10 Å². The highest BCUT2D eigenvalue weighted by molar-refractivity contribution is 6.05. The molecule has 1 unspecified atom stereocenters. The van der Waals surface area contributed by atoms with Crippen molar-refractivity contribution < 1.29 is 9.59 Å². The van der Waals surface area contributed by atoms with E-state index in [4.69, 9.17) is 0 Å². The second-order valence-electron chi connectivity index (χ2n) is 6.51. The maximum Gasteiger partial charge on any atom is 0.256 e. The van der Waals surface area contributed by atoms with Gasteiger partial charge in [0.2, 0.25) is 5.91 Å². The second-order valence-corrected chi connectivity index (χ2v) is 6.51. The molecule has 0 saturated carbocycles. The predicted octanol–water partition coefficient (Wildman–Crippen LogP) is 2.39. The first-order valence-electron chi connectivity index (χ1n) is 8.55. The van der Waals surface area contributed by atoms with E-state index in [1.54, 1.807) is 13.2 Å². The van der Waals surface area contributed by atoms with Gasteiger partial charge in [0, 0.05) is 31.4 Å². The fraction of sp³-hybridized carbons (Fsp3) is 0.500. The lowest BCUT2D eigenvalue weighted by Crippen LogP contribution is -2.44. The molecular weight excluding hydrogens is 304 g/mol. The molecule has 3 rings (SSSR count). The number of H-pyrrole nitrogens is 1. The molecule has 2 amide bonds. The standard InChI is InChI=1S/C18H24N4O2/c1-12-9-13-11-20-21-17(13)15(10-12)18(24)22-8-4-3-5-14(22)6-7-16(23)19-2/h9-11,14H,3-8H2,1-2H3,(H,19,23)(H,20,21). The number of hydrogen-bond donors (Lipinski definition) is 2. The molecule has 6 heteroatoms. The van der Waals surface area contributed by atoms with E-state index < -0.39 is 0 Å². The fourth-order valence-electron chi connectivity index (χ4n) is 3.52. The van der Waals surface area contributed by atoms with E-state index in [2.05, 4.69) is 15.5 Å². The van der Waals surface area contributed by atoms with E-state index in [-0.39, 0.29) is 17.9 Å². The summed E-state index contributed by atoms with van der Waals surface area (Å²) in [6, 6.07) is 4.07. The van der Waals surface area contributed by atoms with Gasteiger partial charge in [0.15, 0.2) is 0 Å². The maximum atomic E-state index is 13.2. The lowest BCUT2D eigenvalue weighted by atomic mass is 9.96. The molecule has 2 N–H and O–H groups in total. The van der Waals surface area contributed by atoms with Gasteiger partial charge in [-0.1, -0.05) is 0 Å². The van der Waals surface area contributed by atoms with Gasteiger partial charge >= 0.3 is 0 Å². The average Bonchev–Trinajstić information content (AvgIpc) is 3.06. The molecule has 0 radical (unpaired) electrons. The van der Waals surface area contributed by atoms with Crippen LogP contribution in [0.5, 0.6) is 0 Å². The fourth-order valence-corrected chi connectivity index (χ4v) is 3.52. The lowest BCUT2D eigenvalue weighted by molar-refractivity contribution is -0.121. The van der Waals surface area contributed by atoms with Crippen LogP contribution in [0.2, 0.25) is 0 Å². The van der Waals surface area contributed by atoms with Crippen LogP contribution in [0.25, 0.3) is 10.9 Å². The minimum absolute atomic E-state index is 0.0273. The molecular formula is C18H24N4O2. The molecule has 1 aliphatic heterocycles. The first kappa shape index (κ1) is 16.5. The number of carbonyl (C=O) groups excluding carboxylic acids is 2. The molecule has 128 valence electrons. The Morgan fingerprint density at radius 1 is 1.38 bits per heavy atom. The van der Waals surface area contributed by atoms with Gasteiger partial charge in [0.25, 0.3) is 5.91 Å². The molecule has 0 spiro atoms. The molecule has 6 nitrogen and oxygen atoms in total. The van der Waals surface area contributed by atoms with Crippen LogP contribution in [0.3, 0.4) is 0 Å². The number of piperidine rings is 1. The van der Waals surface area contributed by atoms with Crippen LogP contribution in [-0.4, -0.2) is 46.5 Å². The number of rotatable bonds is 4. The van der Waals surface area contributed by atoms with Crippen LogP contribution in [0, 0.1) is 6.92 Å². The smallest absolute Gasteiger partial charge is 0.256 e. The summed E-state index contributed by atoms with van der Waals surface area (Å²) in [6.45, 7) is 2.74. The van der Waals surface area contributed by atoms with Crippen molar-refractivity contribution in [3.05, 3.63) is 29.5 Å². The normalized spacial score (nSPS) is 17.9. The quantitative estimate of drug-likeness (QED) is 0.904. The first-order chi connectivity index (χ1) is 11.6. The van der Waals surface area contributed by atoms with Crippen LogP contribution in [0.15, 0.2) is 18.3 Å². The lowest BCUT2D eigenvalue weighted by Gasteiger charge is -2.36. The minimum atomic E-state index is 0.0273. The molecule has 1 saturated heterocycles. The van der Waals surface area contributed by atoms with Gasteiger partial charge in [-0.3, -0.25) is 14.7 Å². The number of aromatic nitrogens is 2. The van der Waals surface area contributed by atoms with Crippen molar-refractivity contribution in [3.8, 4) is 0 Å². The molecule has 2 heterocycles. The number of likely N-dealkylation sites (tertiary alicyclic amines) is 1. The van der Waals surface area contributed by atoms with Crippen molar-refractivity contribution in [3.63, 3.8) is 0 Å². The van der Waals surface area contributed by atoms with Gasteiger partial charge < -0.3 is 10.2 Å². The second kappa shape index (κ2) is 7.03. The zero-order valence-electron chi connectivity index (χ0n) is 14.3. The molecule has 2 aromatic rings. The molecule has 24 heavy (non-hydrogen) atoms. The summed E-state index contributed by atoms with van der Waals surface area (Å²) in [5.41, 5.74) is 2.52. The molecule has 1 atom stereocenters. The number of aryl methyl sites for hydroxylation is 1. The summed E-state index contributed by atoms with van der Waals surface area (Å²) < 4.78 is 0. The maximum absolute atomic E-state index is 13.2. The van der Waals surface area contributed by atoms with Crippen LogP contribution < -0.4 is 5.32 Å². The summed E-state index contributed by atoms with van der Waals surface area (Å²) in [4.78, 5) is 26.7. The van der Waals surface area contributed by atoms with Crippen LogP contribution in [0.1, 0.15) is 48.0 Å². The Morgan fingerprint density at radius 3 is 3.00 bits per heavy atom. The van der Waals surface area contributed by atoms with Crippen molar-refractivity contribution in [2.45, 2.75) is 45.1 Å².